The molecule has 1 aromatic rings. The van der Waals surface area contributed by atoms with Crippen molar-refractivity contribution in [3.8, 4) is 0 Å². The summed E-state index contributed by atoms with van der Waals surface area (Å²) < 4.78 is 51.3. The Bertz CT molecular complexity index is 387. The van der Waals surface area contributed by atoms with E-state index in [2.05, 4.69) is 5.32 Å². The zero-order chi connectivity index (χ0) is 13.8. The molecule has 0 heterocycles. The standard InChI is InChI=1S/C13H17F4N/c1-3-7-18-12(4-2)10-8-9(13(15,16)17)5-6-11(10)14/h5-6,8,12,18H,3-4,7H2,1-2H3. The van der Waals surface area contributed by atoms with Gasteiger partial charge in [0.1, 0.15) is 5.82 Å². The molecule has 0 bridgehead atoms. The zero-order valence-corrected chi connectivity index (χ0v) is 10.4. The Hall–Kier alpha value is -1.10. The van der Waals surface area contributed by atoms with Gasteiger partial charge in [-0.25, -0.2) is 4.39 Å². The first-order chi connectivity index (χ1) is 8.40. The zero-order valence-electron chi connectivity index (χ0n) is 10.4. The first kappa shape index (κ1) is 15.0. The second-order valence-electron chi connectivity index (χ2n) is 4.15. The minimum absolute atomic E-state index is 0.0841. The normalized spacial score (nSPS) is 13.7. The lowest BCUT2D eigenvalue weighted by molar-refractivity contribution is -0.137. The Morgan fingerprint density at radius 2 is 1.89 bits per heavy atom. The number of hydrogen-bond acceptors (Lipinski definition) is 1. The third kappa shape index (κ3) is 3.70. The van der Waals surface area contributed by atoms with E-state index in [9.17, 15) is 17.6 Å². The largest absolute Gasteiger partial charge is 0.416 e. The summed E-state index contributed by atoms with van der Waals surface area (Å²) in [7, 11) is 0. The van der Waals surface area contributed by atoms with Gasteiger partial charge in [0.25, 0.3) is 0 Å². The van der Waals surface area contributed by atoms with E-state index in [-0.39, 0.29) is 11.6 Å². The van der Waals surface area contributed by atoms with E-state index >= 15 is 0 Å². The summed E-state index contributed by atoms with van der Waals surface area (Å²) in [4.78, 5) is 0. The highest BCUT2D eigenvalue weighted by atomic mass is 19.4. The van der Waals surface area contributed by atoms with Gasteiger partial charge in [0.05, 0.1) is 5.56 Å². The molecule has 0 aliphatic carbocycles. The van der Waals surface area contributed by atoms with E-state index in [4.69, 9.17) is 0 Å². The summed E-state index contributed by atoms with van der Waals surface area (Å²) in [6, 6.07) is 2.17. The number of rotatable bonds is 5. The lowest BCUT2D eigenvalue weighted by atomic mass is 10.0. The van der Waals surface area contributed by atoms with Crippen molar-refractivity contribution in [3.05, 3.63) is 35.1 Å². The molecule has 1 N–H and O–H groups in total. The second-order valence-corrected chi connectivity index (χ2v) is 4.15. The Morgan fingerprint density at radius 3 is 2.39 bits per heavy atom. The van der Waals surface area contributed by atoms with Crippen LogP contribution < -0.4 is 5.32 Å². The Kier molecular flexibility index (Phi) is 5.14. The summed E-state index contributed by atoms with van der Waals surface area (Å²) in [5.74, 6) is -0.599. The number of nitrogens with one attached hydrogen (secondary N) is 1. The summed E-state index contributed by atoms with van der Waals surface area (Å²) in [6.07, 6.45) is -3.05. The van der Waals surface area contributed by atoms with Gasteiger partial charge in [-0.3, -0.25) is 0 Å². The van der Waals surface area contributed by atoms with Crippen molar-refractivity contribution in [2.24, 2.45) is 0 Å². The van der Waals surface area contributed by atoms with E-state index in [1.54, 1.807) is 0 Å². The topological polar surface area (TPSA) is 12.0 Å². The molecule has 0 radical (unpaired) electrons. The van der Waals surface area contributed by atoms with Gasteiger partial charge < -0.3 is 5.32 Å². The van der Waals surface area contributed by atoms with Gasteiger partial charge in [-0.05, 0) is 37.6 Å². The van der Waals surface area contributed by atoms with Crippen LogP contribution in [0.2, 0.25) is 0 Å². The Balaban J connectivity index is 3.05. The lowest BCUT2D eigenvalue weighted by Crippen LogP contribution is -2.23. The molecule has 1 aromatic carbocycles. The Morgan fingerprint density at radius 1 is 1.22 bits per heavy atom. The van der Waals surface area contributed by atoms with Crippen LogP contribution >= 0.6 is 0 Å². The van der Waals surface area contributed by atoms with Crippen LogP contribution in [0, 0.1) is 5.82 Å². The monoisotopic (exact) mass is 263 g/mol. The first-order valence-corrected chi connectivity index (χ1v) is 6.00. The SMILES string of the molecule is CCCNC(CC)c1cc(C(F)(F)F)ccc1F. The maximum Gasteiger partial charge on any atom is 0.416 e. The van der Waals surface area contributed by atoms with Crippen molar-refractivity contribution in [2.45, 2.75) is 38.9 Å². The molecule has 1 atom stereocenters. The third-order valence-electron chi connectivity index (χ3n) is 2.75. The van der Waals surface area contributed by atoms with Gasteiger partial charge in [0.2, 0.25) is 0 Å². The number of halogens is 4. The van der Waals surface area contributed by atoms with Crippen molar-refractivity contribution in [1.29, 1.82) is 0 Å². The van der Waals surface area contributed by atoms with E-state index in [0.29, 0.717) is 13.0 Å². The summed E-state index contributed by atoms with van der Waals surface area (Å²) >= 11 is 0. The number of benzene rings is 1. The van der Waals surface area contributed by atoms with E-state index in [1.807, 2.05) is 13.8 Å². The van der Waals surface area contributed by atoms with Crippen LogP contribution in [0.3, 0.4) is 0 Å². The highest BCUT2D eigenvalue weighted by Crippen LogP contribution is 2.32. The van der Waals surface area contributed by atoms with Gasteiger partial charge in [0, 0.05) is 11.6 Å². The molecule has 0 saturated carbocycles. The van der Waals surface area contributed by atoms with E-state index < -0.39 is 17.6 Å². The maximum atomic E-state index is 13.6. The average Bonchev–Trinajstić information content (AvgIpc) is 2.30. The molecule has 0 amide bonds. The fourth-order valence-corrected chi connectivity index (χ4v) is 1.78. The fourth-order valence-electron chi connectivity index (χ4n) is 1.78. The minimum Gasteiger partial charge on any atom is -0.310 e. The fraction of sp³-hybridized carbons (Fsp3) is 0.538. The van der Waals surface area contributed by atoms with Crippen molar-refractivity contribution in [1.82, 2.24) is 5.32 Å². The quantitative estimate of drug-likeness (QED) is 0.781. The highest BCUT2D eigenvalue weighted by Gasteiger charge is 2.31. The number of hydrogen-bond donors (Lipinski definition) is 1. The molecule has 0 aliphatic heterocycles. The molecular formula is C13H17F4N. The van der Waals surface area contributed by atoms with Crippen LogP contribution in [0.15, 0.2) is 18.2 Å². The third-order valence-corrected chi connectivity index (χ3v) is 2.75. The van der Waals surface area contributed by atoms with Crippen molar-refractivity contribution in [3.63, 3.8) is 0 Å². The molecular weight excluding hydrogens is 246 g/mol. The highest BCUT2D eigenvalue weighted by molar-refractivity contribution is 5.29. The molecule has 1 unspecified atom stereocenters. The molecule has 0 aromatic heterocycles. The van der Waals surface area contributed by atoms with Crippen molar-refractivity contribution < 1.29 is 17.6 Å². The molecule has 0 spiro atoms. The summed E-state index contributed by atoms with van der Waals surface area (Å²) in [5, 5.41) is 3.05. The van der Waals surface area contributed by atoms with Crippen LogP contribution in [0.25, 0.3) is 0 Å². The summed E-state index contributed by atoms with van der Waals surface area (Å²) in [6.45, 7) is 4.41. The predicted octanol–water partition coefficient (Wildman–Crippen LogP) is 4.30. The van der Waals surface area contributed by atoms with Crippen LogP contribution in [-0.4, -0.2) is 6.54 Å². The van der Waals surface area contributed by atoms with Crippen LogP contribution in [0.1, 0.15) is 43.9 Å². The smallest absolute Gasteiger partial charge is 0.310 e. The van der Waals surface area contributed by atoms with Gasteiger partial charge in [-0.1, -0.05) is 13.8 Å². The molecule has 102 valence electrons. The van der Waals surface area contributed by atoms with E-state index in [1.165, 1.54) is 0 Å². The average molecular weight is 263 g/mol. The van der Waals surface area contributed by atoms with E-state index in [0.717, 1.165) is 24.6 Å². The number of alkyl halides is 3. The molecule has 1 rings (SSSR count). The molecule has 1 nitrogen and oxygen atoms in total. The van der Waals surface area contributed by atoms with Gasteiger partial charge in [0.15, 0.2) is 0 Å². The van der Waals surface area contributed by atoms with Crippen molar-refractivity contribution in [2.75, 3.05) is 6.54 Å². The minimum atomic E-state index is -4.44. The lowest BCUT2D eigenvalue weighted by Gasteiger charge is -2.19. The molecule has 18 heavy (non-hydrogen) atoms. The summed E-state index contributed by atoms with van der Waals surface area (Å²) in [5.41, 5.74) is -0.726. The van der Waals surface area contributed by atoms with Crippen LogP contribution in [0.4, 0.5) is 17.6 Å². The molecule has 0 saturated heterocycles. The van der Waals surface area contributed by atoms with Crippen LogP contribution in [0.5, 0.6) is 0 Å². The molecule has 0 aliphatic rings. The van der Waals surface area contributed by atoms with Gasteiger partial charge >= 0.3 is 6.18 Å². The van der Waals surface area contributed by atoms with Gasteiger partial charge in [-0.2, -0.15) is 13.2 Å². The Labute approximate surface area is 104 Å². The maximum absolute atomic E-state index is 13.6. The molecule has 0 fully saturated rings. The molecule has 5 heteroatoms. The predicted molar refractivity (Wildman–Crippen MR) is 62.7 cm³/mol. The van der Waals surface area contributed by atoms with Crippen molar-refractivity contribution >= 4 is 0 Å². The van der Waals surface area contributed by atoms with Crippen LogP contribution in [-0.2, 0) is 6.18 Å². The second kappa shape index (κ2) is 6.18. The first-order valence-electron chi connectivity index (χ1n) is 6.00. The van der Waals surface area contributed by atoms with Gasteiger partial charge in [-0.15, -0.1) is 0 Å².